The van der Waals surface area contributed by atoms with E-state index in [-0.39, 0.29) is 0 Å². The van der Waals surface area contributed by atoms with Crippen molar-refractivity contribution in [2.45, 2.75) is 53.0 Å². The molecule has 0 saturated carbocycles. The van der Waals surface area contributed by atoms with Crippen LogP contribution in [0, 0.1) is 5.92 Å². The van der Waals surface area contributed by atoms with Crippen LogP contribution in [0.5, 0.6) is 0 Å². The van der Waals surface area contributed by atoms with Crippen molar-refractivity contribution in [1.29, 1.82) is 0 Å². The normalized spacial score (nSPS) is 12.2. The van der Waals surface area contributed by atoms with E-state index in [1.54, 1.807) is 7.05 Å². The van der Waals surface area contributed by atoms with Crippen molar-refractivity contribution < 1.29 is 4.52 Å². The highest BCUT2D eigenvalue weighted by atomic mass is 16.5. The molecule has 1 heterocycles. The monoisotopic (exact) mass is 280 g/mol. The molecule has 1 rings (SSSR count). The third kappa shape index (κ3) is 5.23. The Kier molecular flexibility index (Phi) is 7.12. The fourth-order valence-corrected chi connectivity index (χ4v) is 1.89. The van der Waals surface area contributed by atoms with Crippen molar-refractivity contribution in [3.63, 3.8) is 0 Å². The molecule has 0 fully saturated rings. The number of rotatable bonds is 7. The molecule has 5 heteroatoms. The number of nitrogens with one attached hydrogen (secondary N) is 2. The predicted molar refractivity (Wildman–Crippen MR) is 82.9 cm³/mol. The number of guanidine groups is 1. The van der Waals surface area contributed by atoms with Gasteiger partial charge >= 0.3 is 0 Å². The first-order valence-electron chi connectivity index (χ1n) is 7.50. The fourth-order valence-electron chi connectivity index (χ4n) is 1.89. The summed E-state index contributed by atoms with van der Waals surface area (Å²) in [6.45, 7) is 10.2. The average Bonchev–Trinajstić information content (AvgIpc) is 2.92. The summed E-state index contributed by atoms with van der Waals surface area (Å²) in [6, 6.07) is 1.99. The largest absolute Gasteiger partial charge is 0.359 e. The van der Waals surface area contributed by atoms with Crippen LogP contribution in [-0.2, 0) is 6.54 Å². The summed E-state index contributed by atoms with van der Waals surface area (Å²) in [6.07, 6.45) is 2.36. The third-order valence-electron chi connectivity index (χ3n) is 3.54. The minimum Gasteiger partial charge on any atom is -0.359 e. The van der Waals surface area contributed by atoms with Crippen LogP contribution in [0.4, 0.5) is 0 Å². The van der Waals surface area contributed by atoms with Gasteiger partial charge in [0, 0.05) is 19.7 Å². The Hall–Kier alpha value is -1.52. The van der Waals surface area contributed by atoms with Crippen molar-refractivity contribution in [3.8, 4) is 0 Å². The van der Waals surface area contributed by atoms with Crippen LogP contribution in [0.15, 0.2) is 15.6 Å². The molecule has 0 spiro atoms. The van der Waals surface area contributed by atoms with E-state index in [0.717, 1.165) is 24.0 Å². The van der Waals surface area contributed by atoms with Gasteiger partial charge in [-0.15, -0.1) is 0 Å². The molecule has 2 N–H and O–H groups in total. The van der Waals surface area contributed by atoms with Gasteiger partial charge in [-0.1, -0.05) is 45.7 Å². The van der Waals surface area contributed by atoms with Gasteiger partial charge in [0.1, 0.15) is 0 Å². The molecule has 0 amide bonds. The van der Waals surface area contributed by atoms with E-state index in [2.05, 4.69) is 48.5 Å². The molecule has 0 radical (unpaired) electrons. The molecular formula is C15H28N4O. The summed E-state index contributed by atoms with van der Waals surface area (Å²) < 4.78 is 5.29. The predicted octanol–water partition coefficient (Wildman–Crippen LogP) is 2.90. The molecule has 0 unspecified atom stereocenters. The average molecular weight is 280 g/mol. The Morgan fingerprint density at radius 3 is 2.50 bits per heavy atom. The van der Waals surface area contributed by atoms with Gasteiger partial charge in [0.2, 0.25) is 0 Å². The Morgan fingerprint density at radius 2 is 2.00 bits per heavy atom. The topological polar surface area (TPSA) is 62.5 Å². The van der Waals surface area contributed by atoms with E-state index >= 15 is 0 Å². The zero-order valence-corrected chi connectivity index (χ0v) is 13.4. The summed E-state index contributed by atoms with van der Waals surface area (Å²) in [4.78, 5) is 4.22. The lowest BCUT2D eigenvalue weighted by Gasteiger charge is -2.16. The van der Waals surface area contributed by atoms with Gasteiger partial charge in [-0.25, -0.2) is 0 Å². The summed E-state index contributed by atoms with van der Waals surface area (Å²) in [5.74, 6) is 2.71. The van der Waals surface area contributed by atoms with Gasteiger partial charge in [0.05, 0.1) is 12.2 Å². The zero-order chi connectivity index (χ0) is 15.0. The zero-order valence-electron chi connectivity index (χ0n) is 13.4. The van der Waals surface area contributed by atoms with Gasteiger partial charge in [-0.2, -0.15) is 0 Å². The minimum atomic E-state index is 0.389. The maximum Gasteiger partial charge on any atom is 0.191 e. The summed E-state index contributed by atoms with van der Waals surface area (Å²) in [5, 5.41) is 10.6. The first kappa shape index (κ1) is 16.5. The summed E-state index contributed by atoms with van der Waals surface area (Å²) in [5.41, 5.74) is 0.988. The van der Waals surface area contributed by atoms with Crippen molar-refractivity contribution in [1.82, 2.24) is 15.8 Å². The van der Waals surface area contributed by atoms with E-state index < -0.39 is 0 Å². The Bertz CT molecular complexity index is 408. The molecule has 0 aliphatic carbocycles. The van der Waals surface area contributed by atoms with E-state index in [0.29, 0.717) is 18.4 Å². The van der Waals surface area contributed by atoms with E-state index in [9.17, 15) is 0 Å². The Balaban J connectivity index is 2.41. The molecule has 114 valence electrons. The van der Waals surface area contributed by atoms with Crippen LogP contribution < -0.4 is 10.6 Å². The molecule has 0 bridgehead atoms. The van der Waals surface area contributed by atoms with E-state index in [1.165, 1.54) is 12.8 Å². The van der Waals surface area contributed by atoms with Gasteiger partial charge in [-0.3, -0.25) is 4.99 Å². The molecule has 5 nitrogen and oxygen atoms in total. The number of aromatic nitrogens is 1. The lowest BCUT2D eigenvalue weighted by molar-refractivity contribution is 0.371. The second kappa shape index (κ2) is 8.61. The highest BCUT2D eigenvalue weighted by molar-refractivity contribution is 5.79. The van der Waals surface area contributed by atoms with Crippen LogP contribution >= 0.6 is 0 Å². The fraction of sp³-hybridized carbons (Fsp3) is 0.733. The SMILES string of the molecule is CCC(CC)CNC(=NC)NCc1cc(C(C)C)no1. The van der Waals surface area contributed by atoms with Crippen LogP contribution in [0.25, 0.3) is 0 Å². The van der Waals surface area contributed by atoms with Crippen molar-refractivity contribution >= 4 is 5.96 Å². The van der Waals surface area contributed by atoms with Crippen LogP contribution in [0.2, 0.25) is 0 Å². The number of hydrogen-bond donors (Lipinski definition) is 2. The van der Waals surface area contributed by atoms with Crippen LogP contribution in [0.3, 0.4) is 0 Å². The molecular weight excluding hydrogens is 252 g/mol. The van der Waals surface area contributed by atoms with Gasteiger partial charge in [0.15, 0.2) is 11.7 Å². The molecule has 20 heavy (non-hydrogen) atoms. The quantitative estimate of drug-likeness (QED) is 0.595. The lowest BCUT2D eigenvalue weighted by Crippen LogP contribution is -2.39. The van der Waals surface area contributed by atoms with Crippen molar-refractivity contribution in [2.75, 3.05) is 13.6 Å². The second-order valence-corrected chi connectivity index (χ2v) is 5.36. The number of nitrogens with zero attached hydrogens (tertiary/aromatic N) is 2. The summed E-state index contributed by atoms with van der Waals surface area (Å²) in [7, 11) is 1.78. The number of aliphatic imine (C=N–C) groups is 1. The maximum absolute atomic E-state index is 5.29. The smallest absolute Gasteiger partial charge is 0.191 e. The summed E-state index contributed by atoms with van der Waals surface area (Å²) >= 11 is 0. The van der Waals surface area contributed by atoms with Crippen molar-refractivity contribution in [2.24, 2.45) is 10.9 Å². The van der Waals surface area contributed by atoms with E-state index in [4.69, 9.17) is 4.52 Å². The molecule has 0 aliphatic rings. The first-order chi connectivity index (χ1) is 9.60. The number of hydrogen-bond acceptors (Lipinski definition) is 3. The van der Waals surface area contributed by atoms with E-state index in [1.807, 2.05) is 6.07 Å². The van der Waals surface area contributed by atoms with Gasteiger partial charge < -0.3 is 15.2 Å². The molecule has 0 aromatic carbocycles. The van der Waals surface area contributed by atoms with Crippen molar-refractivity contribution in [3.05, 3.63) is 17.5 Å². The molecule has 0 atom stereocenters. The molecule has 0 aliphatic heterocycles. The molecule has 0 saturated heterocycles. The second-order valence-electron chi connectivity index (χ2n) is 5.36. The molecule has 1 aromatic rings. The Labute approximate surface area is 122 Å². The first-order valence-corrected chi connectivity index (χ1v) is 7.50. The van der Waals surface area contributed by atoms with Gasteiger partial charge in [-0.05, 0) is 11.8 Å². The van der Waals surface area contributed by atoms with Gasteiger partial charge in [0.25, 0.3) is 0 Å². The lowest BCUT2D eigenvalue weighted by atomic mass is 10.0. The molecule has 1 aromatic heterocycles. The minimum absolute atomic E-state index is 0.389. The highest BCUT2D eigenvalue weighted by Crippen LogP contribution is 2.13. The van der Waals surface area contributed by atoms with Crippen LogP contribution in [-0.4, -0.2) is 24.7 Å². The third-order valence-corrected chi connectivity index (χ3v) is 3.54. The highest BCUT2D eigenvalue weighted by Gasteiger charge is 2.09. The van der Waals surface area contributed by atoms with Crippen LogP contribution in [0.1, 0.15) is 57.9 Å². The Morgan fingerprint density at radius 1 is 1.30 bits per heavy atom. The standard InChI is InChI=1S/C15H28N4O/c1-6-12(7-2)9-17-15(16-5)18-10-13-8-14(11(3)4)19-20-13/h8,11-12H,6-7,9-10H2,1-5H3,(H2,16,17,18). The maximum atomic E-state index is 5.29.